The van der Waals surface area contributed by atoms with Crippen LogP contribution in [0.25, 0.3) is 10.2 Å². The summed E-state index contributed by atoms with van der Waals surface area (Å²) in [5.41, 5.74) is 2.29. The Hall–Kier alpha value is -2.40. The van der Waals surface area contributed by atoms with Gasteiger partial charge in [0.15, 0.2) is 4.80 Å². The number of fused-ring (bicyclic) bond motifs is 1. The molecule has 0 bridgehead atoms. The molecule has 0 saturated carbocycles. The zero-order valence-electron chi connectivity index (χ0n) is 13.2. The van der Waals surface area contributed by atoms with Gasteiger partial charge in [-0.1, -0.05) is 35.6 Å². The molecule has 0 aliphatic carbocycles. The minimum atomic E-state index is -0.167. The lowest BCUT2D eigenvalue weighted by Crippen LogP contribution is -2.14. The molecule has 0 saturated heterocycles. The van der Waals surface area contributed by atoms with Crippen LogP contribution in [0.15, 0.2) is 53.5 Å². The van der Waals surface area contributed by atoms with Crippen molar-refractivity contribution in [2.24, 2.45) is 12.0 Å². The molecule has 3 rings (SSSR count). The molecule has 0 atom stereocenters. The Morgan fingerprint density at radius 1 is 1.22 bits per heavy atom. The molecular weight excluding hydrogens is 308 g/mol. The van der Waals surface area contributed by atoms with Gasteiger partial charge in [0.05, 0.1) is 23.2 Å². The topological polar surface area (TPSA) is 43.6 Å². The Morgan fingerprint density at radius 3 is 2.78 bits per heavy atom. The van der Waals surface area contributed by atoms with Gasteiger partial charge in [-0.2, -0.15) is 4.99 Å². The van der Waals surface area contributed by atoms with Gasteiger partial charge in [-0.25, -0.2) is 0 Å². The second kappa shape index (κ2) is 6.79. The fourth-order valence-corrected chi connectivity index (χ4v) is 3.42. The summed E-state index contributed by atoms with van der Waals surface area (Å²) in [6, 6.07) is 15.7. The average molecular weight is 326 g/mol. The van der Waals surface area contributed by atoms with Crippen LogP contribution < -0.4 is 9.54 Å². The highest BCUT2D eigenvalue weighted by Crippen LogP contribution is 2.17. The van der Waals surface area contributed by atoms with Crippen molar-refractivity contribution >= 4 is 27.5 Å². The van der Waals surface area contributed by atoms with Crippen LogP contribution in [0.3, 0.4) is 0 Å². The first-order valence-corrected chi connectivity index (χ1v) is 8.27. The highest BCUT2D eigenvalue weighted by Gasteiger charge is 2.05. The van der Waals surface area contributed by atoms with Crippen molar-refractivity contribution in [1.82, 2.24) is 4.57 Å². The third-order valence-electron chi connectivity index (χ3n) is 3.51. The van der Waals surface area contributed by atoms with Crippen molar-refractivity contribution < 1.29 is 9.53 Å². The monoisotopic (exact) mass is 326 g/mol. The molecular formula is C18H18N2O2S. The number of amides is 1. The smallest absolute Gasteiger partial charge is 0.251 e. The Kier molecular flexibility index (Phi) is 4.57. The highest BCUT2D eigenvalue weighted by molar-refractivity contribution is 7.16. The van der Waals surface area contributed by atoms with E-state index in [0.717, 1.165) is 20.8 Å². The van der Waals surface area contributed by atoms with Crippen molar-refractivity contribution in [3.05, 3.63) is 58.9 Å². The summed E-state index contributed by atoms with van der Waals surface area (Å²) in [5, 5.41) is 0. The first-order valence-electron chi connectivity index (χ1n) is 7.45. The maximum atomic E-state index is 12.0. The number of para-hydroxylation sites is 1. The third-order valence-corrected chi connectivity index (χ3v) is 4.61. The predicted octanol–water partition coefficient (Wildman–Crippen LogP) is 3.44. The van der Waals surface area contributed by atoms with E-state index in [4.69, 9.17) is 4.74 Å². The van der Waals surface area contributed by atoms with Crippen molar-refractivity contribution in [1.29, 1.82) is 0 Å². The van der Waals surface area contributed by atoms with E-state index in [2.05, 4.69) is 30.1 Å². The molecule has 23 heavy (non-hydrogen) atoms. The Morgan fingerprint density at radius 2 is 2.00 bits per heavy atom. The standard InChI is InChI=1S/C18H18N2O2S/c1-13-8-9-15-16(12-13)23-18(20(15)2)19-17(21)10-11-22-14-6-4-3-5-7-14/h3-9,12H,10-11H2,1-2H3. The van der Waals surface area contributed by atoms with Gasteiger partial charge in [-0.15, -0.1) is 0 Å². The van der Waals surface area contributed by atoms with Gasteiger partial charge < -0.3 is 9.30 Å². The molecule has 0 fully saturated rings. The second-order valence-corrected chi connectivity index (χ2v) is 6.34. The summed E-state index contributed by atoms with van der Waals surface area (Å²) >= 11 is 1.53. The Labute approximate surface area is 138 Å². The normalized spacial score (nSPS) is 11.8. The largest absolute Gasteiger partial charge is 0.493 e. The molecule has 3 aromatic rings. The van der Waals surface area contributed by atoms with Gasteiger partial charge in [0.25, 0.3) is 5.91 Å². The molecule has 0 aliphatic heterocycles. The van der Waals surface area contributed by atoms with Crippen LogP contribution in [0.1, 0.15) is 12.0 Å². The predicted molar refractivity (Wildman–Crippen MR) is 92.7 cm³/mol. The molecule has 0 N–H and O–H groups in total. The van der Waals surface area contributed by atoms with Crippen LogP contribution in [-0.2, 0) is 11.8 Å². The number of aromatic nitrogens is 1. The molecule has 4 nitrogen and oxygen atoms in total. The summed E-state index contributed by atoms with van der Waals surface area (Å²) in [4.78, 5) is 17.0. The maximum absolute atomic E-state index is 12.0. The number of hydrogen-bond donors (Lipinski definition) is 0. The molecule has 0 unspecified atom stereocenters. The summed E-state index contributed by atoms with van der Waals surface area (Å²) < 4.78 is 8.63. The molecule has 0 aliphatic rings. The van der Waals surface area contributed by atoms with E-state index >= 15 is 0 Å². The van der Waals surface area contributed by atoms with Crippen molar-refractivity contribution in [3.63, 3.8) is 0 Å². The summed E-state index contributed by atoms with van der Waals surface area (Å²) in [6.07, 6.45) is 0.266. The average Bonchev–Trinajstić information content (AvgIpc) is 2.83. The highest BCUT2D eigenvalue weighted by atomic mass is 32.1. The van der Waals surface area contributed by atoms with Crippen molar-refractivity contribution in [3.8, 4) is 5.75 Å². The summed E-state index contributed by atoms with van der Waals surface area (Å²) in [7, 11) is 1.93. The van der Waals surface area contributed by atoms with Crippen molar-refractivity contribution in [2.45, 2.75) is 13.3 Å². The Balaban J connectivity index is 1.71. The molecule has 1 amide bonds. The molecule has 1 aromatic heterocycles. The third kappa shape index (κ3) is 3.68. The maximum Gasteiger partial charge on any atom is 0.251 e. The van der Waals surface area contributed by atoms with Crippen LogP contribution in [0, 0.1) is 6.92 Å². The Bertz CT molecular complexity index is 894. The number of rotatable bonds is 4. The fourth-order valence-electron chi connectivity index (χ4n) is 2.28. The molecule has 2 aromatic carbocycles. The lowest BCUT2D eigenvalue weighted by Gasteiger charge is -2.03. The van der Waals surface area contributed by atoms with Gasteiger partial charge in [0.1, 0.15) is 5.75 Å². The van der Waals surface area contributed by atoms with Crippen LogP contribution in [0.5, 0.6) is 5.75 Å². The van der Waals surface area contributed by atoms with Gasteiger partial charge >= 0.3 is 0 Å². The zero-order valence-corrected chi connectivity index (χ0v) is 14.0. The number of nitrogens with zero attached hydrogens (tertiary/aromatic N) is 2. The van der Waals surface area contributed by atoms with E-state index in [1.54, 1.807) is 0 Å². The number of hydrogen-bond acceptors (Lipinski definition) is 3. The number of carbonyl (C=O) groups is 1. The van der Waals surface area contributed by atoms with E-state index in [-0.39, 0.29) is 12.3 Å². The van der Waals surface area contributed by atoms with E-state index < -0.39 is 0 Å². The van der Waals surface area contributed by atoms with E-state index in [9.17, 15) is 4.79 Å². The van der Waals surface area contributed by atoms with Crippen LogP contribution in [0.2, 0.25) is 0 Å². The van der Waals surface area contributed by atoms with Gasteiger partial charge in [-0.3, -0.25) is 4.79 Å². The molecule has 118 valence electrons. The van der Waals surface area contributed by atoms with E-state index in [1.165, 1.54) is 16.9 Å². The fraction of sp³-hybridized carbons (Fsp3) is 0.222. The van der Waals surface area contributed by atoms with Crippen LogP contribution >= 0.6 is 11.3 Å². The second-order valence-electron chi connectivity index (χ2n) is 5.33. The number of thiazole rings is 1. The zero-order chi connectivity index (χ0) is 16.2. The molecule has 1 heterocycles. The van der Waals surface area contributed by atoms with Crippen LogP contribution in [0.4, 0.5) is 0 Å². The minimum Gasteiger partial charge on any atom is -0.493 e. The van der Waals surface area contributed by atoms with Crippen molar-refractivity contribution in [2.75, 3.05) is 6.61 Å². The first-order chi connectivity index (χ1) is 11.1. The van der Waals surface area contributed by atoms with Gasteiger partial charge in [0, 0.05) is 7.05 Å². The number of ether oxygens (including phenoxy) is 1. The van der Waals surface area contributed by atoms with Gasteiger partial charge in [-0.05, 0) is 36.8 Å². The first kappa shape index (κ1) is 15.5. The minimum absolute atomic E-state index is 0.167. The van der Waals surface area contributed by atoms with Gasteiger partial charge in [0.2, 0.25) is 0 Å². The van der Waals surface area contributed by atoms with E-state index in [0.29, 0.717) is 6.61 Å². The number of carbonyl (C=O) groups excluding carboxylic acids is 1. The lowest BCUT2D eigenvalue weighted by molar-refractivity contribution is -0.118. The molecule has 5 heteroatoms. The quantitative estimate of drug-likeness (QED) is 0.737. The lowest BCUT2D eigenvalue weighted by atomic mass is 10.2. The summed E-state index contributed by atoms with van der Waals surface area (Å²) in [5.74, 6) is 0.600. The van der Waals surface area contributed by atoms with Crippen LogP contribution in [-0.4, -0.2) is 17.1 Å². The SMILES string of the molecule is Cc1ccc2c(c1)sc(=NC(=O)CCOc1ccccc1)n2C. The number of benzene rings is 2. The molecule has 0 radical (unpaired) electrons. The molecule has 0 spiro atoms. The number of aryl methyl sites for hydroxylation is 2. The van der Waals surface area contributed by atoms with E-state index in [1.807, 2.05) is 41.9 Å². The summed E-state index contributed by atoms with van der Waals surface area (Å²) in [6.45, 7) is 2.39.